The van der Waals surface area contributed by atoms with Crippen LogP contribution >= 0.6 is 0 Å². The number of nitrogens with one attached hydrogen (secondary N) is 1. The smallest absolute Gasteiger partial charge is 0.254 e. The van der Waals surface area contributed by atoms with Gasteiger partial charge in [0.15, 0.2) is 0 Å². The van der Waals surface area contributed by atoms with Crippen LogP contribution < -0.4 is 5.56 Å². The van der Waals surface area contributed by atoms with E-state index in [0.717, 1.165) is 13.1 Å². The Kier molecular flexibility index (Phi) is 3.80. The Morgan fingerprint density at radius 3 is 2.72 bits per heavy atom. The minimum atomic E-state index is -0.258. The first kappa shape index (κ1) is 12.4. The number of H-pyrrole nitrogens is 1. The lowest BCUT2D eigenvalue weighted by Crippen LogP contribution is -2.48. The largest absolute Gasteiger partial charge is 0.336 e. The fraction of sp³-hybridized carbons (Fsp3) is 0.385. The summed E-state index contributed by atoms with van der Waals surface area (Å²) in [5.74, 6) is 2.50. The Morgan fingerprint density at radius 2 is 2.11 bits per heavy atom. The molecule has 1 amide bonds. The molecule has 0 unspecified atom stereocenters. The molecule has 18 heavy (non-hydrogen) atoms. The third kappa shape index (κ3) is 2.79. The molecule has 5 heteroatoms. The maximum absolute atomic E-state index is 12.1. The van der Waals surface area contributed by atoms with Crippen LogP contribution in [0.25, 0.3) is 0 Å². The average Bonchev–Trinajstić information content (AvgIpc) is 2.39. The Morgan fingerprint density at radius 1 is 1.39 bits per heavy atom. The second-order valence-corrected chi connectivity index (χ2v) is 4.21. The first-order valence-electron chi connectivity index (χ1n) is 5.84. The summed E-state index contributed by atoms with van der Waals surface area (Å²) in [6, 6.07) is 2.95. The first-order valence-corrected chi connectivity index (χ1v) is 5.84. The highest BCUT2D eigenvalue weighted by Crippen LogP contribution is 2.06. The van der Waals surface area contributed by atoms with E-state index in [1.807, 2.05) is 0 Å². The van der Waals surface area contributed by atoms with E-state index < -0.39 is 0 Å². The lowest BCUT2D eigenvalue weighted by molar-refractivity contribution is 0.0652. The molecule has 0 aliphatic carbocycles. The topological polar surface area (TPSA) is 56.4 Å². The molecular weight excluding hydrogens is 230 g/mol. The van der Waals surface area contributed by atoms with Gasteiger partial charge in [0.25, 0.3) is 5.91 Å². The van der Waals surface area contributed by atoms with Crippen LogP contribution in [-0.2, 0) is 0 Å². The van der Waals surface area contributed by atoms with Crippen molar-refractivity contribution in [2.45, 2.75) is 0 Å². The Balaban J connectivity index is 2.00. The fourth-order valence-electron chi connectivity index (χ4n) is 2.00. The average molecular weight is 245 g/mol. The van der Waals surface area contributed by atoms with E-state index in [1.165, 1.54) is 12.3 Å². The molecule has 0 spiro atoms. The molecular formula is C13H15N3O2. The number of aromatic nitrogens is 1. The normalized spacial score (nSPS) is 16.3. The van der Waals surface area contributed by atoms with Crippen molar-refractivity contribution in [2.24, 2.45) is 0 Å². The van der Waals surface area contributed by atoms with Crippen LogP contribution in [-0.4, -0.2) is 53.4 Å². The van der Waals surface area contributed by atoms with E-state index in [2.05, 4.69) is 15.8 Å². The number of terminal acetylenes is 1. The molecule has 0 radical (unpaired) electrons. The van der Waals surface area contributed by atoms with Gasteiger partial charge in [0.2, 0.25) is 5.56 Å². The predicted molar refractivity (Wildman–Crippen MR) is 68.2 cm³/mol. The first-order chi connectivity index (χ1) is 8.70. The highest BCUT2D eigenvalue weighted by atomic mass is 16.2. The van der Waals surface area contributed by atoms with Gasteiger partial charge in [0.05, 0.1) is 6.54 Å². The van der Waals surface area contributed by atoms with Gasteiger partial charge >= 0.3 is 0 Å². The van der Waals surface area contributed by atoms with Gasteiger partial charge in [-0.25, -0.2) is 0 Å². The molecule has 1 aliphatic heterocycles. The zero-order valence-electron chi connectivity index (χ0n) is 10.1. The Hall–Kier alpha value is -2.06. The van der Waals surface area contributed by atoms with Crippen molar-refractivity contribution >= 4 is 5.91 Å². The number of carbonyl (C=O) groups excluding carboxylic acids is 1. The van der Waals surface area contributed by atoms with Crippen molar-refractivity contribution < 1.29 is 4.79 Å². The molecule has 0 saturated carbocycles. The zero-order valence-corrected chi connectivity index (χ0v) is 10.1. The highest BCUT2D eigenvalue weighted by Gasteiger charge is 2.21. The van der Waals surface area contributed by atoms with Crippen LogP contribution in [0, 0.1) is 12.3 Å². The number of pyridine rings is 1. The lowest BCUT2D eigenvalue weighted by atomic mass is 10.2. The number of amides is 1. The van der Waals surface area contributed by atoms with Crippen molar-refractivity contribution in [3.63, 3.8) is 0 Å². The van der Waals surface area contributed by atoms with Crippen LogP contribution in [0.2, 0.25) is 0 Å². The molecule has 5 nitrogen and oxygen atoms in total. The van der Waals surface area contributed by atoms with Gasteiger partial charge in [-0.3, -0.25) is 14.5 Å². The summed E-state index contributed by atoms with van der Waals surface area (Å²) in [6.45, 7) is 3.46. The maximum Gasteiger partial charge on any atom is 0.254 e. The quantitative estimate of drug-likeness (QED) is 0.732. The molecule has 1 fully saturated rings. The second kappa shape index (κ2) is 5.52. The molecule has 2 rings (SSSR count). The summed E-state index contributed by atoms with van der Waals surface area (Å²) in [6.07, 6.45) is 6.74. The summed E-state index contributed by atoms with van der Waals surface area (Å²) in [5, 5.41) is 0. The van der Waals surface area contributed by atoms with Crippen LogP contribution in [0.1, 0.15) is 10.4 Å². The summed E-state index contributed by atoms with van der Waals surface area (Å²) >= 11 is 0. The highest BCUT2D eigenvalue weighted by molar-refractivity contribution is 5.94. The number of piperazine rings is 1. The van der Waals surface area contributed by atoms with Crippen LogP contribution in [0.15, 0.2) is 23.1 Å². The minimum Gasteiger partial charge on any atom is -0.336 e. The van der Waals surface area contributed by atoms with Crippen molar-refractivity contribution in [1.82, 2.24) is 14.8 Å². The van der Waals surface area contributed by atoms with E-state index in [9.17, 15) is 9.59 Å². The molecule has 94 valence electrons. The SMILES string of the molecule is C#CCN1CCN(C(=O)c2cc[nH]c(=O)c2)CC1. The standard InChI is InChI=1S/C13H15N3O2/c1-2-5-15-6-8-16(9-7-15)13(18)11-3-4-14-12(17)10-11/h1,3-4,10H,5-9H2,(H,14,17). The van der Waals surface area contributed by atoms with Gasteiger partial charge in [-0.1, -0.05) is 5.92 Å². The van der Waals surface area contributed by atoms with Gasteiger partial charge in [-0.05, 0) is 6.07 Å². The number of aromatic amines is 1. The number of nitrogens with zero attached hydrogens (tertiary/aromatic N) is 2. The van der Waals surface area contributed by atoms with Gasteiger partial charge in [0, 0.05) is 44.0 Å². The van der Waals surface area contributed by atoms with Crippen molar-refractivity contribution in [3.8, 4) is 12.3 Å². The number of hydrogen-bond donors (Lipinski definition) is 1. The van der Waals surface area contributed by atoms with Gasteiger partial charge in [0.1, 0.15) is 0 Å². The van der Waals surface area contributed by atoms with Crippen LogP contribution in [0.3, 0.4) is 0 Å². The fourth-order valence-corrected chi connectivity index (χ4v) is 2.00. The van der Waals surface area contributed by atoms with Crippen molar-refractivity contribution in [2.75, 3.05) is 32.7 Å². The third-order valence-corrected chi connectivity index (χ3v) is 3.00. The van der Waals surface area contributed by atoms with E-state index >= 15 is 0 Å². The molecule has 1 saturated heterocycles. The van der Waals surface area contributed by atoms with E-state index in [1.54, 1.807) is 11.0 Å². The molecule has 1 N–H and O–H groups in total. The summed E-state index contributed by atoms with van der Waals surface area (Å²) in [7, 11) is 0. The molecule has 0 aromatic carbocycles. The number of hydrogen-bond acceptors (Lipinski definition) is 3. The Bertz CT molecular complexity index is 522. The lowest BCUT2D eigenvalue weighted by Gasteiger charge is -2.33. The third-order valence-electron chi connectivity index (χ3n) is 3.00. The Labute approximate surface area is 105 Å². The second-order valence-electron chi connectivity index (χ2n) is 4.21. The van der Waals surface area contributed by atoms with Gasteiger partial charge in [-0.2, -0.15) is 0 Å². The monoisotopic (exact) mass is 245 g/mol. The molecule has 0 atom stereocenters. The molecule has 1 aromatic rings. The van der Waals surface area contributed by atoms with E-state index in [0.29, 0.717) is 25.2 Å². The summed E-state index contributed by atoms with van der Waals surface area (Å²) in [5.41, 5.74) is 0.177. The van der Waals surface area contributed by atoms with Crippen molar-refractivity contribution in [1.29, 1.82) is 0 Å². The number of rotatable bonds is 2. The minimum absolute atomic E-state index is 0.0959. The molecule has 0 bridgehead atoms. The molecule has 2 heterocycles. The maximum atomic E-state index is 12.1. The molecule has 1 aromatic heterocycles. The predicted octanol–water partition coefficient (Wildman–Crippen LogP) is -0.234. The van der Waals surface area contributed by atoms with Crippen LogP contribution in [0.4, 0.5) is 0 Å². The van der Waals surface area contributed by atoms with Gasteiger partial charge < -0.3 is 9.88 Å². The zero-order chi connectivity index (χ0) is 13.0. The number of carbonyl (C=O) groups is 1. The summed E-state index contributed by atoms with van der Waals surface area (Å²) in [4.78, 5) is 29.7. The van der Waals surface area contributed by atoms with E-state index in [4.69, 9.17) is 6.42 Å². The van der Waals surface area contributed by atoms with Gasteiger partial charge in [-0.15, -0.1) is 6.42 Å². The van der Waals surface area contributed by atoms with E-state index in [-0.39, 0.29) is 11.5 Å². The summed E-state index contributed by atoms with van der Waals surface area (Å²) < 4.78 is 0. The van der Waals surface area contributed by atoms with Crippen LogP contribution in [0.5, 0.6) is 0 Å². The molecule has 1 aliphatic rings. The van der Waals surface area contributed by atoms with Crippen molar-refractivity contribution in [3.05, 3.63) is 34.2 Å².